The first-order chi connectivity index (χ1) is 7.68. The fraction of sp³-hybridized carbons (Fsp3) is 0.357. The van der Waals surface area contributed by atoms with E-state index in [0.717, 1.165) is 6.42 Å². The third-order valence-corrected chi connectivity index (χ3v) is 2.77. The van der Waals surface area contributed by atoms with Crippen molar-refractivity contribution in [2.24, 2.45) is 0 Å². The van der Waals surface area contributed by atoms with E-state index in [1.54, 1.807) is 0 Å². The van der Waals surface area contributed by atoms with Gasteiger partial charge in [-0.1, -0.05) is 38.1 Å². The van der Waals surface area contributed by atoms with E-state index in [1.807, 2.05) is 30.3 Å². The zero-order valence-corrected chi connectivity index (χ0v) is 9.69. The highest BCUT2D eigenvalue weighted by atomic mass is 16.5. The van der Waals surface area contributed by atoms with Crippen molar-refractivity contribution in [1.82, 2.24) is 0 Å². The van der Waals surface area contributed by atoms with Gasteiger partial charge < -0.3 is 4.74 Å². The number of carbonyl (C=O) groups is 1. The molecule has 84 valence electrons. The molecule has 0 unspecified atom stereocenters. The van der Waals surface area contributed by atoms with Gasteiger partial charge in [0.1, 0.15) is 0 Å². The number of hydrogen-bond acceptors (Lipinski definition) is 2. The van der Waals surface area contributed by atoms with Crippen LogP contribution in [0.25, 0.3) is 0 Å². The smallest absolute Gasteiger partial charge is 0.227 e. The summed E-state index contributed by atoms with van der Waals surface area (Å²) in [6.07, 6.45) is 2.70. The molecule has 16 heavy (non-hydrogen) atoms. The van der Waals surface area contributed by atoms with Gasteiger partial charge >= 0.3 is 0 Å². The highest BCUT2D eigenvalue weighted by Gasteiger charge is 2.16. The molecular formula is C14H16O2. The van der Waals surface area contributed by atoms with Crippen molar-refractivity contribution in [2.45, 2.75) is 26.2 Å². The van der Waals surface area contributed by atoms with Gasteiger partial charge in [-0.25, -0.2) is 0 Å². The summed E-state index contributed by atoms with van der Waals surface area (Å²) in [6.45, 7) is 4.91. The molecule has 0 radical (unpaired) electrons. The summed E-state index contributed by atoms with van der Waals surface area (Å²) in [5.74, 6) is 0.983. The van der Waals surface area contributed by atoms with Crippen LogP contribution in [0.3, 0.4) is 0 Å². The fourth-order valence-corrected chi connectivity index (χ4v) is 1.74. The molecule has 1 aliphatic heterocycles. The Morgan fingerprint density at radius 1 is 1.25 bits per heavy atom. The Morgan fingerprint density at radius 3 is 2.44 bits per heavy atom. The van der Waals surface area contributed by atoms with Crippen LogP contribution in [0.1, 0.15) is 42.1 Å². The molecule has 0 fully saturated rings. The number of allylic oxidation sites excluding steroid dienone is 1. The maximum Gasteiger partial charge on any atom is 0.227 e. The van der Waals surface area contributed by atoms with Crippen molar-refractivity contribution in [3.8, 4) is 0 Å². The summed E-state index contributed by atoms with van der Waals surface area (Å²) >= 11 is 0. The van der Waals surface area contributed by atoms with Crippen LogP contribution in [-0.4, -0.2) is 12.4 Å². The van der Waals surface area contributed by atoms with Gasteiger partial charge in [0.2, 0.25) is 5.78 Å². The van der Waals surface area contributed by atoms with E-state index in [-0.39, 0.29) is 5.78 Å². The fourth-order valence-electron chi connectivity index (χ4n) is 1.74. The monoisotopic (exact) mass is 216 g/mol. The van der Waals surface area contributed by atoms with Crippen molar-refractivity contribution in [3.63, 3.8) is 0 Å². The SMILES string of the molecule is CC(C)c1ccc(C(=O)C2=CCCO2)cc1. The van der Waals surface area contributed by atoms with Crippen LogP contribution in [0, 0.1) is 0 Å². The summed E-state index contributed by atoms with van der Waals surface area (Å²) in [5, 5.41) is 0. The topological polar surface area (TPSA) is 26.3 Å². The Bertz CT molecular complexity index is 413. The molecule has 0 spiro atoms. The summed E-state index contributed by atoms with van der Waals surface area (Å²) in [4.78, 5) is 11.9. The summed E-state index contributed by atoms with van der Waals surface area (Å²) in [5.41, 5.74) is 1.95. The van der Waals surface area contributed by atoms with E-state index in [9.17, 15) is 4.79 Å². The first-order valence-electron chi connectivity index (χ1n) is 5.66. The number of Topliss-reactive ketones (excluding diaryl/α,β-unsaturated/α-hetero) is 1. The third-order valence-electron chi connectivity index (χ3n) is 2.77. The van der Waals surface area contributed by atoms with E-state index in [0.29, 0.717) is 23.8 Å². The molecule has 0 amide bonds. The lowest BCUT2D eigenvalue weighted by Crippen LogP contribution is -2.04. The predicted molar refractivity (Wildman–Crippen MR) is 63.5 cm³/mol. The minimum Gasteiger partial charge on any atom is -0.489 e. The van der Waals surface area contributed by atoms with Crippen molar-refractivity contribution < 1.29 is 9.53 Å². The molecule has 1 aromatic carbocycles. The quantitative estimate of drug-likeness (QED) is 0.725. The summed E-state index contributed by atoms with van der Waals surface area (Å²) in [7, 11) is 0. The van der Waals surface area contributed by atoms with Crippen LogP contribution in [0.5, 0.6) is 0 Å². The molecule has 0 bridgehead atoms. The van der Waals surface area contributed by atoms with Crippen LogP contribution >= 0.6 is 0 Å². The molecular weight excluding hydrogens is 200 g/mol. The Kier molecular flexibility index (Phi) is 3.09. The Morgan fingerprint density at radius 2 is 1.94 bits per heavy atom. The summed E-state index contributed by atoms with van der Waals surface area (Å²) < 4.78 is 5.26. The van der Waals surface area contributed by atoms with E-state index in [4.69, 9.17) is 4.74 Å². The number of ether oxygens (including phenoxy) is 1. The second-order valence-corrected chi connectivity index (χ2v) is 4.31. The van der Waals surface area contributed by atoms with Crippen molar-refractivity contribution in [3.05, 3.63) is 47.2 Å². The molecule has 0 atom stereocenters. The maximum atomic E-state index is 11.9. The van der Waals surface area contributed by atoms with Gasteiger partial charge in [-0.05, 0) is 17.6 Å². The molecule has 0 saturated carbocycles. The maximum absolute atomic E-state index is 11.9. The highest BCUT2D eigenvalue weighted by molar-refractivity contribution is 6.07. The standard InChI is InChI=1S/C14H16O2/c1-10(2)11-5-7-12(8-6-11)14(15)13-4-3-9-16-13/h4-8,10H,3,9H2,1-2H3. The third kappa shape index (κ3) is 2.16. The van der Waals surface area contributed by atoms with Crippen molar-refractivity contribution in [1.29, 1.82) is 0 Å². The lowest BCUT2D eigenvalue weighted by atomic mass is 10.00. The second kappa shape index (κ2) is 4.52. The molecule has 0 saturated heterocycles. The van der Waals surface area contributed by atoms with E-state index >= 15 is 0 Å². The van der Waals surface area contributed by atoms with Crippen LogP contribution in [0.15, 0.2) is 36.1 Å². The summed E-state index contributed by atoms with van der Waals surface area (Å²) in [6, 6.07) is 7.77. The first kappa shape index (κ1) is 10.9. The number of hydrogen-bond donors (Lipinski definition) is 0. The minimum absolute atomic E-state index is 0.00666. The molecule has 1 aromatic rings. The van der Waals surface area contributed by atoms with Gasteiger partial charge in [0.05, 0.1) is 6.61 Å². The van der Waals surface area contributed by atoms with Gasteiger partial charge in [0.25, 0.3) is 0 Å². The van der Waals surface area contributed by atoms with E-state index < -0.39 is 0 Å². The Labute approximate surface area is 95.9 Å². The average Bonchev–Trinajstić information content (AvgIpc) is 2.81. The van der Waals surface area contributed by atoms with Gasteiger partial charge in [-0.15, -0.1) is 0 Å². The van der Waals surface area contributed by atoms with Crippen molar-refractivity contribution in [2.75, 3.05) is 6.61 Å². The van der Waals surface area contributed by atoms with Crippen molar-refractivity contribution >= 4 is 5.78 Å². The normalized spacial score (nSPS) is 14.8. The van der Waals surface area contributed by atoms with Crippen LogP contribution in [-0.2, 0) is 4.74 Å². The molecule has 1 aliphatic rings. The van der Waals surface area contributed by atoms with E-state index in [2.05, 4.69) is 13.8 Å². The Balaban J connectivity index is 2.18. The first-order valence-corrected chi connectivity index (χ1v) is 5.66. The number of carbonyl (C=O) groups excluding carboxylic acids is 1. The number of rotatable bonds is 3. The molecule has 0 aromatic heterocycles. The number of ketones is 1. The Hall–Kier alpha value is -1.57. The second-order valence-electron chi connectivity index (χ2n) is 4.31. The molecule has 1 heterocycles. The molecule has 2 rings (SSSR count). The van der Waals surface area contributed by atoms with Crippen LogP contribution in [0.4, 0.5) is 0 Å². The average molecular weight is 216 g/mol. The largest absolute Gasteiger partial charge is 0.489 e. The molecule has 0 N–H and O–H groups in total. The van der Waals surface area contributed by atoms with Gasteiger partial charge in [-0.3, -0.25) is 4.79 Å². The van der Waals surface area contributed by atoms with Gasteiger partial charge in [0, 0.05) is 12.0 Å². The zero-order valence-electron chi connectivity index (χ0n) is 9.69. The molecule has 2 heteroatoms. The number of benzene rings is 1. The minimum atomic E-state index is -0.00666. The van der Waals surface area contributed by atoms with Crippen LogP contribution < -0.4 is 0 Å². The molecule has 2 nitrogen and oxygen atoms in total. The zero-order chi connectivity index (χ0) is 11.5. The van der Waals surface area contributed by atoms with E-state index in [1.165, 1.54) is 5.56 Å². The van der Waals surface area contributed by atoms with Gasteiger partial charge in [0.15, 0.2) is 5.76 Å². The predicted octanol–water partition coefficient (Wildman–Crippen LogP) is 3.30. The lowest BCUT2D eigenvalue weighted by Gasteiger charge is -2.07. The molecule has 0 aliphatic carbocycles. The van der Waals surface area contributed by atoms with Gasteiger partial charge in [-0.2, -0.15) is 0 Å². The van der Waals surface area contributed by atoms with Crippen LogP contribution in [0.2, 0.25) is 0 Å². The highest BCUT2D eigenvalue weighted by Crippen LogP contribution is 2.19. The lowest BCUT2D eigenvalue weighted by molar-refractivity contribution is 0.0942.